The summed E-state index contributed by atoms with van der Waals surface area (Å²) >= 11 is 0. The van der Waals surface area contributed by atoms with Gasteiger partial charge in [-0.2, -0.15) is 9.78 Å². The van der Waals surface area contributed by atoms with Gasteiger partial charge in [0.25, 0.3) is 17.4 Å². The predicted molar refractivity (Wildman–Crippen MR) is 112 cm³/mol. The molecule has 3 rings (SSSR count). The smallest absolute Gasteiger partial charge is 0.342 e. The monoisotopic (exact) mass is 440 g/mol. The minimum atomic E-state index is -1.04. The summed E-state index contributed by atoms with van der Waals surface area (Å²) in [5.74, 6) is -4.01. The molecule has 0 bridgehead atoms. The molecule has 0 radical (unpaired) electrons. The van der Waals surface area contributed by atoms with E-state index in [4.69, 9.17) is 14.9 Å². The third-order valence-corrected chi connectivity index (χ3v) is 4.41. The van der Waals surface area contributed by atoms with Gasteiger partial charge in [-0.05, 0) is 38.5 Å². The van der Waals surface area contributed by atoms with Crippen molar-refractivity contribution in [2.75, 3.05) is 11.9 Å². The van der Waals surface area contributed by atoms with Gasteiger partial charge >= 0.3 is 5.97 Å². The fourth-order valence-corrected chi connectivity index (χ4v) is 3.03. The second-order valence-electron chi connectivity index (χ2n) is 6.74. The summed E-state index contributed by atoms with van der Waals surface area (Å²) in [6.07, 6.45) is 0. The maximum absolute atomic E-state index is 12.8. The van der Waals surface area contributed by atoms with Gasteiger partial charge in [0.05, 0.1) is 12.3 Å². The average Bonchev–Trinajstić information content (AvgIpc) is 3.04. The number of carbonyl (C=O) groups excluding carboxylic acids is 3. The molecular weight excluding hydrogens is 420 g/mol. The maximum atomic E-state index is 12.8. The predicted octanol–water partition coefficient (Wildman–Crippen LogP) is 1.68. The van der Waals surface area contributed by atoms with Crippen LogP contribution in [0.3, 0.4) is 0 Å². The van der Waals surface area contributed by atoms with Gasteiger partial charge in [0, 0.05) is 6.07 Å². The van der Waals surface area contributed by atoms with Crippen molar-refractivity contribution in [3.05, 3.63) is 68.8 Å². The molecule has 0 aliphatic rings. The van der Waals surface area contributed by atoms with E-state index < -0.39 is 40.7 Å². The van der Waals surface area contributed by atoms with Crippen LogP contribution in [-0.2, 0) is 4.74 Å². The standard InChI is InChI=1S/C21H20N4O7/c1-4-31-21(30)15-11(3)32-20(16(15)18(22)28)23-19(29)17-13(26)9-14(27)25(24-17)12-7-5-6-10(2)8-12/h5-9,26H,4H2,1-3H3,(H2,22,28)(H,23,29). The number of amides is 2. The van der Waals surface area contributed by atoms with Gasteiger partial charge in [-0.1, -0.05) is 12.1 Å². The molecule has 11 heteroatoms. The molecule has 32 heavy (non-hydrogen) atoms. The molecule has 2 aromatic heterocycles. The Labute approximate surface area is 181 Å². The van der Waals surface area contributed by atoms with Crippen LogP contribution in [0.5, 0.6) is 5.75 Å². The van der Waals surface area contributed by atoms with Gasteiger partial charge in [0.15, 0.2) is 11.4 Å². The Morgan fingerprint density at radius 2 is 1.94 bits per heavy atom. The first-order valence-corrected chi connectivity index (χ1v) is 9.46. The minimum absolute atomic E-state index is 0.00513. The lowest BCUT2D eigenvalue weighted by atomic mass is 10.1. The van der Waals surface area contributed by atoms with E-state index in [1.165, 1.54) is 6.92 Å². The van der Waals surface area contributed by atoms with Crippen molar-refractivity contribution >= 4 is 23.7 Å². The second kappa shape index (κ2) is 8.76. The van der Waals surface area contributed by atoms with E-state index in [1.54, 1.807) is 25.1 Å². The van der Waals surface area contributed by atoms with Crippen LogP contribution < -0.4 is 16.6 Å². The summed E-state index contributed by atoms with van der Waals surface area (Å²) in [7, 11) is 0. The summed E-state index contributed by atoms with van der Waals surface area (Å²) < 4.78 is 11.2. The number of hydrogen-bond acceptors (Lipinski definition) is 8. The molecule has 0 spiro atoms. The Bertz CT molecular complexity index is 1290. The maximum Gasteiger partial charge on any atom is 0.342 e. The van der Waals surface area contributed by atoms with Crippen molar-refractivity contribution in [3.63, 3.8) is 0 Å². The fourth-order valence-electron chi connectivity index (χ4n) is 3.03. The minimum Gasteiger partial charge on any atom is -0.505 e. The number of aryl methyl sites for hydroxylation is 2. The zero-order valence-electron chi connectivity index (χ0n) is 17.5. The van der Waals surface area contributed by atoms with Gasteiger partial charge in [-0.25, -0.2) is 4.79 Å². The van der Waals surface area contributed by atoms with Crippen molar-refractivity contribution in [3.8, 4) is 11.4 Å². The first-order chi connectivity index (χ1) is 15.1. The topological polar surface area (TPSA) is 167 Å². The number of primary amides is 1. The van der Waals surface area contributed by atoms with Crippen LogP contribution in [0.2, 0.25) is 0 Å². The number of rotatable bonds is 6. The lowest BCUT2D eigenvalue weighted by Gasteiger charge is -2.09. The SMILES string of the molecule is CCOC(=O)c1c(C)oc(NC(=O)c2nn(-c3cccc(C)c3)c(=O)cc2O)c1C(N)=O. The van der Waals surface area contributed by atoms with Crippen LogP contribution in [0.4, 0.5) is 5.88 Å². The van der Waals surface area contributed by atoms with E-state index in [0.717, 1.165) is 16.3 Å². The van der Waals surface area contributed by atoms with Gasteiger partial charge in [-0.15, -0.1) is 0 Å². The van der Waals surface area contributed by atoms with Crippen molar-refractivity contribution in [1.82, 2.24) is 9.78 Å². The molecule has 2 amide bonds. The van der Waals surface area contributed by atoms with Gasteiger partial charge in [-0.3, -0.25) is 19.7 Å². The molecule has 0 saturated heterocycles. The summed E-state index contributed by atoms with van der Waals surface area (Å²) in [6.45, 7) is 4.83. The molecule has 0 aliphatic heterocycles. The van der Waals surface area contributed by atoms with Gasteiger partial charge < -0.3 is 20.0 Å². The Hall–Kier alpha value is -4.41. The number of furan rings is 1. The van der Waals surface area contributed by atoms with E-state index in [0.29, 0.717) is 5.69 Å². The summed E-state index contributed by atoms with van der Waals surface area (Å²) in [6, 6.07) is 7.62. The Morgan fingerprint density at radius 3 is 2.56 bits per heavy atom. The lowest BCUT2D eigenvalue weighted by molar-refractivity contribution is 0.0521. The molecule has 0 saturated carbocycles. The number of aromatic nitrogens is 2. The van der Waals surface area contributed by atoms with Crippen LogP contribution in [0, 0.1) is 13.8 Å². The number of nitrogens with zero attached hydrogens (tertiary/aromatic N) is 2. The number of carbonyl (C=O) groups is 3. The number of anilines is 1. The largest absolute Gasteiger partial charge is 0.505 e. The van der Waals surface area contributed by atoms with E-state index in [-0.39, 0.29) is 23.5 Å². The van der Waals surface area contributed by atoms with Gasteiger partial charge in [0.2, 0.25) is 5.88 Å². The lowest BCUT2D eigenvalue weighted by Crippen LogP contribution is -2.26. The Kier molecular flexibility index (Phi) is 6.10. The van der Waals surface area contributed by atoms with Crippen LogP contribution >= 0.6 is 0 Å². The zero-order chi connectivity index (χ0) is 23.6. The molecule has 0 fully saturated rings. The fraction of sp³-hybridized carbons (Fsp3) is 0.190. The zero-order valence-corrected chi connectivity index (χ0v) is 17.5. The molecule has 0 atom stereocenters. The number of nitrogens with two attached hydrogens (primary N) is 1. The number of ether oxygens (including phenoxy) is 1. The normalized spacial score (nSPS) is 10.6. The molecule has 11 nitrogen and oxygen atoms in total. The van der Waals surface area contributed by atoms with Gasteiger partial charge in [0.1, 0.15) is 16.9 Å². The third kappa shape index (κ3) is 4.21. The molecule has 0 unspecified atom stereocenters. The highest BCUT2D eigenvalue weighted by atomic mass is 16.5. The van der Waals surface area contributed by atoms with Crippen molar-refractivity contribution in [1.29, 1.82) is 0 Å². The Balaban J connectivity index is 2.04. The van der Waals surface area contributed by atoms with Crippen molar-refractivity contribution < 1.29 is 28.6 Å². The molecule has 0 aliphatic carbocycles. The van der Waals surface area contributed by atoms with E-state index in [2.05, 4.69) is 10.4 Å². The van der Waals surface area contributed by atoms with Crippen LogP contribution in [0.25, 0.3) is 5.69 Å². The van der Waals surface area contributed by atoms with Crippen molar-refractivity contribution in [2.24, 2.45) is 5.73 Å². The second-order valence-corrected chi connectivity index (χ2v) is 6.74. The first kappa shape index (κ1) is 22.3. The van der Waals surface area contributed by atoms with Crippen LogP contribution in [-0.4, -0.2) is 39.3 Å². The summed E-state index contributed by atoms with van der Waals surface area (Å²) in [5.41, 5.74) is 4.79. The molecule has 3 aromatic rings. The highest BCUT2D eigenvalue weighted by Crippen LogP contribution is 2.28. The van der Waals surface area contributed by atoms with Crippen molar-refractivity contribution in [2.45, 2.75) is 20.8 Å². The molecule has 4 N–H and O–H groups in total. The highest BCUT2D eigenvalue weighted by molar-refractivity contribution is 6.12. The van der Waals surface area contributed by atoms with E-state index in [9.17, 15) is 24.3 Å². The number of nitrogens with one attached hydrogen (secondary N) is 1. The number of benzene rings is 1. The number of aromatic hydroxyl groups is 1. The third-order valence-electron chi connectivity index (χ3n) is 4.41. The number of esters is 1. The average molecular weight is 440 g/mol. The van der Waals surface area contributed by atoms with Crippen LogP contribution in [0.1, 0.15) is 49.5 Å². The summed E-state index contributed by atoms with van der Waals surface area (Å²) in [4.78, 5) is 49.2. The Morgan fingerprint density at radius 1 is 1.22 bits per heavy atom. The van der Waals surface area contributed by atoms with E-state index in [1.807, 2.05) is 13.0 Å². The summed E-state index contributed by atoms with van der Waals surface area (Å²) in [5, 5.41) is 16.3. The molecule has 2 heterocycles. The van der Waals surface area contributed by atoms with Crippen LogP contribution in [0.15, 0.2) is 39.5 Å². The molecular formula is C21H20N4O7. The first-order valence-electron chi connectivity index (χ1n) is 9.46. The molecule has 1 aromatic carbocycles. The quantitative estimate of drug-likeness (QED) is 0.487. The molecule has 166 valence electrons. The van der Waals surface area contributed by atoms with E-state index >= 15 is 0 Å². The number of hydrogen-bond donors (Lipinski definition) is 3. The highest BCUT2D eigenvalue weighted by Gasteiger charge is 2.30.